The Bertz CT molecular complexity index is 363. The summed E-state index contributed by atoms with van der Waals surface area (Å²) in [6.07, 6.45) is 0. The molecule has 0 aliphatic carbocycles. The third-order valence-electron chi connectivity index (χ3n) is 2.07. The second kappa shape index (κ2) is 2.63. The molecule has 0 aromatic carbocycles. The van der Waals surface area contributed by atoms with Gasteiger partial charge in [0.25, 0.3) is 0 Å². The number of rotatable bonds is 1. The van der Waals surface area contributed by atoms with Gasteiger partial charge in [-0.3, -0.25) is 0 Å². The predicted octanol–water partition coefficient (Wildman–Crippen LogP) is 3.66. The first-order chi connectivity index (χ1) is 5.66. The Kier molecular flexibility index (Phi) is 1.72. The quantitative estimate of drug-likeness (QED) is 0.687. The van der Waals surface area contributed by atoms with E-state index in [1.54, 1.807) is 0 Å². The highest BCUT2D eigenvalue weighted by atomic mass is 32.1. The maximum absolute atomic E-state index is 3.43. The van der Waals surface area contributed by atoms with Gasteiger partial charge in [-0.2, -0.15) is 0 Å². The van der Waals surface area contributed by atoms with Crippen LogP contribution in [0.3, 0.4) is 0 Å². The van der Waals surface area contributed by atoms with Crippen molar-refractivity contribution < 1.29 is 0 Å². The van der Waals surface area contributed by atoms with E-state index in [-0.39, 0.29) is 0 Å². The molecule has 0 atom stereocenters. The van der Waals surface area contributed by atoms with Gasteiger partial charge in [0.1, 0.15) is 0 Å². The van der Waals surface area contributed by atoms with Crippen LogP contribution in [0, 0.1) is 6.92 Å². The minimum atomic E-state index is 0.602. The Morgan fingerprint density at radius 3 is 2.67 bits per heavy atom. The average Bonchev–Trinajstić information content (AvgIpc) is 2.42. The zero-order chi connectivity index (χ0) is 8.72. The lowest BCUT2D eigenvalue weighted by molar-refractivity contribution is 0.836. The normalized spacial score (nSPS) is 11.7. The summed E-state index contributed by atoms with van der Waals surface area (Å²) in [6.45, 7) is 6.57. The molecule has 0 unspecified atom stereocenters. The molecule has 0 fully saturated rings. The number of aromatic amines is 1. The standard InChI is InChI=1S/C10H13NS/c1-6(2)8-5-10-9(11-8)4-7(3)12-10/h4-6,11H,1-3H3. The van der Waals surface area contributed by atoms with E-state index in [1.165, 1.54) is 20.8 Å². The van der Waals surface area contributed by atoms with Gasteiger partial charge >= 0.3 is 0 Å². The largest absolute Gasteiger partial charge is 0.357 e. The fourth-order valence-corrected chi connectivity index (χ4v) is 2.31. The van der Waals surface area contributed by atoms with Gasteiger partial charge in [-0.1, -0.05) is 13.8 Å². The smallest absolute Gasteiger partial charge is 0.0568 e. The predicted molar refractivity (Wildman–Crippen MR) is 55.0 cm³/mol. The number of nitrogens with one attached hydrogen (secondary N) is 1. The van der Waals surface area contributed by atoms with Crippen molar-refractivity contribution >= 4 is 21.6 Å². The van der Waals surface area contributed by atoms with Crippen LogP contribution in [0.4, 0.5) is 0 Å². The summed E-state index contributed by atoms with van der Waals surface area (Å²) < 4.78 is 1.39. The molecule has 0 aliphatic heterocycles. The van der Waals surface area contributed by atoms with Crippen molar-refractivity contribution in [2.45, 2.75) is 26.7 Å². The Labute approximate surface area is 76.4 Å². The van der Waals surface area contributed by atoms with Crippen LogP contribution in [0.5, 0.6) is 0 Å². The van der Waals surface area contributed by atoms with E-state index < -0.39 is 0 Å². The van der Waals surface area contributed by atoms with Crippen LogP contribution in [-0.2, 0) is 0 Å². The fourth-order valence-electron chi connectivity index (χ4n) is 1.38. The highest BCUT2D eigenvalue weighted by molar-refractivity contribution is 7.18. The summed E-state index contributed by atoms with van der Waals surface area (Å²) in [4.78, 5) is 4.81. The molecule has 0 saturated carbocycles. The van der Waals surface area contributed by atoms with E-state index in [4.69, 9.17) is 0 Å². The number of H-pyrrole nitrogens is 1. The van der Waals surface area contributed by atoms with Gasteiger partial charge in [-0.25, -0.2) is 0 Å². The fraction of sp³-hybridized carbons (Fsp3) is 0.400. The topological polar surface area (TPSA) is 15.8 Å². The Morgan fingerprint density at radius 1 is 1.33 bits per heavy atom. The van der Waals surface area contributed by atoms with Crippen LogP contribution >= 0.6 is 11.3 Å². The summed E-state index contributed by atoms with van der Waals surface area (Å²) in [7, 11) is 0. The minimum absolute atomic E-state index is 0.602. The van der Waals surface area contributed by atoms with Crippen molar-refractivity contribution in [3.05, 3.63) is 22.7 Å². The van der Waals surface area contributed by atoms with E-state index in [1.807, 2.05) is 11.3 Å². The first kappa shape index (κ1) is 7.87. The molecule has 64 valence electrons. The van der Waals surface area contributed by atoms with E-state index in [0.29, 0.717) is 5.92 Å². The van der Waals surface area contributed by atoms with Gasteiger partial charge < -0.3 is 4.98 Å². The lowest BCUT2D eigenvalue weighted by atomic mass is 10.1. The lowest BCUT2D eigenvalue weighted by Crippen LogP contribution is -1.84. The molecule has 0 bridgehead atoms. The van der Waals surface area contributed by atoms with Gasteiger partial charge in [0.2, 0.25) is 0 Å². The SMILES string of the molecule is Cc1cc2[nH]c(C(C)C)cc2s1. The van der Waals surface area contributed by atoms with E-state index in [0.717, 1.165) is 0 Å². The number of fused-ring (bicyclic) bond motifs is 1. The summed E-state index contributed by atoms with van der Waals surface area (Å²) >= 11 is 1.86. The Hall–Kier alpha value is -0.760. The third kappa shape index (κ3) is 1.16. The number of aryl methyl sites for hydroxylation is 1. The number of hydrogen-bond acceptors (Lipinski definition) is 1. The molecule has 2 heterocycles. The zero-order valence-electron chi connectivity index (χ0n) is 7.64. The van der Waals surface area contributed by atoms with Crippen molar-refractivity contribution in [3.8, 4) is 0 Å². The molecular weight excluding hydrogens is 166 g/mol. The molecule has 0 saturated heterocycles. The molecule has 0 aliphatic rings. The highest BCUT2D eigenvalue weighted by Gasteiger charge is 2.05. The minimum Gasteiger partial charge on any atom is -0.357 e. The zero-order valence-corrected chi connectivity index (χ0v) is 8.46. The first-order valence-corrected chi connectivity index (χ1v) is 5.07. The van der Waals surface area contributed by atoms with Crippen LogP contribution in [0.2, 0.25) is 0 Å². The molecule has 0 radical (unpaired) electrons. The van der Waals surface area contributed by atoms with Gasteiger partial charge in [0.05, 0.1) is 10.2 Å². The summed E-state index contributed by atoms with van der Waals surface area (Å²) in [5, 5.41) is 0. The van der Waals surface area contributed by atoms with Crippen molar-refractivity contribution in [2.24, 2.45) is 0 Å². The Morgan fingerprint density at radius 2 is 2.08 bits per heavy atom. The van der Waals surface area contributed by atoms with Crippen LogP contribution < -0.4 is 0 Å². The molecule has 12 heavy (non-hydrogen) atoms. The van der Waals surface area contributed by atoms with Gasteiger partial charge in [-0.15, -0.1) is 11.3 Å². The van der Waals surface area contributed by atoms with Gasteiger partial charge in [-0.05, 0) is 25.0 Å². The maximum Gasteiger partial charge on any atom is 0.0568 e. The third-order valence-corrected chi connectivity index (χ3v) is 3.07. The number of aromatic nitrogens is 1. The number of hydrogen-bond donors (Lipinski definition) is 1. The van der Waals surface area contributed by atoms with Crippen molar-refractivity contribution in [1.29, 1.82) is 0 Å². The first-order valence-electron chi connectivity index (χ1n) is 4.26. The summed E-state index contributed by atoms with van der Waals surface area (Å²) in [5.74, 6) is 0.602. The molecule has 2 heteroatoms. The van der Waals surface area contributed by atoms with E-state index >= 15 is 0 Å². The molecular formula is C10H13NS. The van der Waals surface area contributed by atoms with E-state index in [2.05, 4.69) is 37.9 Å². The summed E-state index contributed by atoms with van der Waals surface area (Å²) in [5.41, 5.74) is 2.64. The van der Waals surface area contributed by atoms with Crippen LogP contribution in [-0.4, -0.2) is 4.98 Å². The van der Waals surface area contributed by atoms with Crippen molar-refractivity contribution in [2.75, 3.05) is 0 Å². The van der Waals surface area contributed by atoms with Crippen molar-refractivity contribution in [3.63, 3.8) is 0 Å². The monoisotopic (exact) mass is 179 g/mol. The molecule has 1 nitrogen and oxygen atoms in total. The molecule has 2 aromatic rings. The van der Waals surface area contributed by atoms with Gasteiger partial charge in [0.15, 0.2) is 0 Å². The lowest BCUT2D eigenvalue weighted by Gasteiger charge is -1.98. The van der Waals surface area contributed by atoms with Gasteiger partial charge in [0, 0.05) is 10.6 Å². The van der Waals surface area contributed by atoms with Crippen molar-refractivity contribution in [1.82, 2.24) is 4.98 Å². The molecule has 1 N–H and O–H groups in total. The second-order valence-corrected chi connectivity index (χ2v) is 4.80. The second-order valence-electron chi connectivity index (χ2n) is 3.51. The maximum atomic E-state index is 3.43. The Balaban J connectivity index is 2.57. The molecule has 0 amide bonds. The molecule has 2 rings (SSSR count). The van der Waals surface area contributed by atoms with E-state index in [9.17, 15) is 0 Å². The average molecular weight is 179 g/mol. The number of thiophene rings is 1. The molecule has 0 spiro atoms. The van der Waals surface area contributed by atoms with Crippen LogP contribution in [0.1, 0.15) is 30.3 Å². The molecule has 2 aromatic heterocycles. The highest BCUT2D eigenvalue weighted by Crippen LogP contribution is 2.27. The van der Waals surface area contributed by atoms with Crippen LogP contribution in [0.25, 0.3) is 10.2 Å². The summed E-state index contributed by atoms with van der Waals surface area (Å²) in [6, 6.07) is 4.48. The van der Waals surface area contributed by atoms with Crippen LogP contribution in [0.15, 0.2) is 12.1 Å².